The van der Waals surface area contributed by atoms with E-state index in [4.69, 9.17) is 0 Å². The molecule has 0 saturated carbocycles. The van der Waals surface area contributed by atoms with Gasteiger partial charge >= 0.3 is 0 Å². The Morgan fingerprint density at radius 3 is 2.71 bits per heavy atom. The zero-order valence-corrected chi connectivity index (χ0v) is 16.2. The van der Waals surface area contributed by atoms with Gasteiger partial charge < -0.3 is 5.11 Å². The second-order valence-electron chi connectivity index (χ2n) is 8.79. The third-order valence-corrected chi connectivity index (χ3v) is 7.08. The molecule has 3 unspecified atom stereocenters. The van der Waals surface area contributed by atoms with Crippen LogP contribution < -0.4 is 0 Å². The molecule has 3 heteroatoms. The first-order valence-corrected chi connectivity index (χ1v) is 10.6. The summed E-state index contributed by atoms with van der Waals surface area (Å²) in [5.41, 5.74) is 4.94. The Labute approximate surface area is 166 Å². The minimum atomic E-state index is -0.315. The number of piperidine rings is 1. The summed E-state index contributed by atoms with van der Waals surface area (Å²) in [5.74, 6) is 1.35. The number of aliphatic hydroxyl groups is 1. The molecule has 28 heavy (non-hydrogen) atoms. The summed E-state index contributed by atoms with van der Waals surface area (Å²) in [7, 11) is 0. The molecule has 1 saturated heterocycles. The van der Waals surface area contributed by atoms with Gasteiger partial charge in [-0.25, -0.2) is 4.39 Å². The number of hydrogen-bond acceptors (Lipinski definition) is 2. The van der Waals surface area contributed by atoms with Crippen LogP contribution in [0.5, 0.6) is 0 Å². The van der Waals surface area contributed by atoms with Gasteiger partial charge in [0, 0.05) is 6.54 Å². The lowest BCUT2D eigenvalue weighted by molar-refractivity contribution is 0.0778. The largest absolute Gasteiger partial charge is 0.388 e. The number of halogens is 1. The van der Waals surface area contributed by atoms with E-state index in [0.717, 1.165) is 38.0 Å². The molecule has 3 aliphatic rings. The minimum Gasteiger partial charge on any atom is -0.388 e. The van der Waals surface area contributed by atoms with E-state index in [1.165, 1.54) is 35.6 Å². The first-order chi connectivity index (χ1) is 13.7. The summed E-state index contributed by atoms with van der Waals surface area (Å²) < 4.78 is 13.4. The first kappa shape index (κ1) is 18.1. The Kier molecular flexibility index (Phi) is 4.82. The molecule has 0 aromatic heterocycles. The second-order valence-corrected chi connectivity index (χ2v) is 8.79. The Bertz CT molecular complexity index is 884. The van der Waals surface area contributed by atoms with Crippen LogP contribution in [0.4, 0.5) is 4.39 Å². The maximum atomic E-state index is 13.4. The Hall–Kier alpha value is -1.97. The number of rotatable bonds is 4. The lowest BCUT2D eigenvalue weighted by Gasteiger charge is -2.35. The molecule has 0 spiro atoms. The highest BCUT2D eigenvalue weighted by molar-refractivity contribution is 5.62. The van der Waals surface area contributed by atoms with Crippen LogP contribution in [0.2, 0.25) is 0 Å². The van der Waals surface area contributed by atoms with E-state index in [0.29, 0.717) is 17.8 Å². The highest BCUT2D eigenvalue weighted by Crippen LogP contribution is 2.53. The average molecular weight is 378 g/mol. The van der Waals surface area contributed by atoms with Gasteiger partial charge in [0.2, 0.25) is 0 Å². The van der Waals surface area contributed by atoms with Crippen molar-refractivity contribution >= 4 is 6.08 Å². The van der Waals surface area contributed by atoms with Crippen molar-refractivity contribution in [1.29, 1.82) is 0 Å². The van der Waals surface area contributed by atoms with Crippen LogP contribution in [0.1, 0.15) is 60.0 Å². The maximum absolute atomic E-state index is 13.4. The van der Waals surface area contributed by atoms with Gasteiger partial charge in [-0.15, -0.1) is 0 Å². The van der Waals surface area contributed by atoms with Gasteiger partial charge in [-0.2, -0.15) is 0 Å². The molecule has 2 aromatic rings. The molecule has 0 radical (unpaired) electrons. The van der Waals surface area contributed by atoms with E-state index in [9.17, 15) is 9.50 Å². The van der Waals surface area contributed by atoms with E-state index >= 15 is 0 Å². The Morgan fingerprint density at radius 2 is 1.89 bits per heavy atom. The van der Waals surface area contributed by atoms with E-state index in [2.05, 4.69) is 35.3 Å². The minimum absolute atomic E-state index is 0.150. The van der Waals surface area contributed by atoms with E-state index in [1.807, 2.05) is 6.07 Å². The Morgan fingerprint density at radius 1 is 1.07 bits per heavy atom. The quantitative estimate of drug-likeness (QED) is 0.782. The fraction of sp³-hybridized carbons (Fsp3) is 0.440. The third kappa shape index (κ3) is 3.31. The molecule has 2 aliphatic carbocycles. The molecular weight excluding hydrogens is 349 g/mol. The topological polar surface area (TPSA) is 23.5 Å². The van der Waals surface area contributed by atoms with Crippen LogP contribution in [-0.4, -0.2) is 23.1 Å². The van der Waals surface area contributed by atoms with Gasteiger partial charge in [-0.3, -0.25) is 4.90 Å². The van der Waals surface area contributed by atoms with Crippen molar-refractivity contribution in [2.75, 3.05) is 13.1 Å². The molecule has 1 fully saturated rings. The molecular formula is C25H28FNO. The molecule has 1 N–H and O–H groups in total. The monoisotopic (exact) mass is 377 g/mol. The number of likely N-dealkylation sites (tertiary alicyclic amines) is 1. The molecule has 2 nitrogen and oxygen atoms in total. The first-order valence-electron chi connectivity index (χ1n) is 10.6. The van der Waals surface area contributed by atoms with E-state index in [1.54, 1.807) is 12.1 Å². The fourth-order valence-electron chi connectivity index (χ4n) is 5.68. The van der Waals surface area contributed by atoms with Gasteiger partial charge in [-0.1, -0.05) is 42.5 Å². The molecule has 2 aromatic carbocycles. The molecule has 0 amide bonds. The number of nitrogens with zero attached hydrogens (tertiary/aromatic N) is 1. The van der Waals surface area contributed by atoms with Crippen LogP contribution >= 0.6 is 0 Å². The number of allylic oxidation sites excluding steroid dienone is 1. The standard InChI is InChI=1S/C25H28FNO/c26-20-7-1-4-18(14-20)16-27-12-10-17(11-13-27)15-23-21-8-2-5-19-6-3-9-22(24(19)21)25(23)28/h1-7,9,14,17,21,23,25,28H,8,10-13,15-16H2. The summed E-state index contributed by atoms with van der Waals surface area (Å²) in [6, 6.07) is 13.3. The van der Waals surface area contributed by atoms with Crippen molar-refractivity contribution in [3.8, 4) is 0 Å². The summed E-state index contributed by atoms with van der Waals surface area (Å²) >= 11 is 0. The fourth-order valence-corrected chi connectivity index (χ4v) is 5.68. The van der Waals surface area contributed by atoms with Crippen LogP contribution in [0, 0.1) is 17.7 Å². The van der Waals surface area contributed by atoms with Crippen LogP contribution in [0.15, 0.2) is 48.5 Å². The predicted octanol–water partition coefficient (Wildman–Crippen LogP) is 5.29. The highest BCUT2D eigenvalue weighted by Gasteiger charge is 2.42. The highest BCUT2D eigenvalue weighted by atomic mass is 19.1. The van der Waals surface area contributed by atoms with Crippen LogP contribution in [-0.2, 0) is 6.54 Å². The third-order valence-electron chi connectivity index (χ3n) is 7.08. The van der Waals surface area contributed by atoms with E-state index < -0.39 is 0 Å². The normalized spacial score (nSPS) is 27.1. The summed E-state index contributed by atoms with van der Waals surface area (Å²) in [5, 5.41) is 11.0. The maximum Gasteiger partial charge on any atom is 0.123 e. The van der Waals surface area contributed by atoms with Crippen LogP contribution in [0.25, 0.3) is 6.08 Å². The van der Waals surface area contributed by atoms with Gasteiger partial charge in [0.25, 0.3) is 0 Å². The van der Waals surface area contributed by atoms with Crippen molar-refractivity contribution in [3.63, 3.8) is 0 Å². The van der Waals surface area contributed by atoms with Gasteiger partial charge in [0.05, 0.1) is 6.10 Å². The molecule has 5 rings (SSSR count). The molecule has 1 aliphatic heterocycles. The molecule has 3 atom stereocenters. The van der Waals surface area contributed by atoms with Gasteiger partial charge in [-0.05, 0) is 90.9 Å². The van der Waals surface area contributed by atoms with Crippen LogP contribution in [0.3, 0.4) is 0 Å². The average Bonchev–Trinajstić information content (AvgIpc) is 2.98. The van der Waals surface area contributed by atoms with Crippen molar-refractivity contribution in [1.82, 2.24) is 4.90 Å². The number of aliphatic hydroxyl groups excluding tert-OH is 1. The molecule has 146 valence electrons. The number of hydrogen-bond donors (Lipinski definition) is 1. The summed E-state index contributed by atoms with van der Waals surface area (Å²) in [6.07, 6.45) is 8.70. The molecule has 0 bridgehead atoms. The van der Waals surface area contributed by atoms with Crippen molar-refractivity contribution < 1.29 is 9.50 Å². The van der Waals surface area contributed by atoms with E-state index in [-0.39, 0.29) is 11.9 Å². The second kappa shape index (κ2) is 7.46. The van der Waals surface area contributed by atoms with Gasteiger partial charge in [0.15, 0.2) is 0 Å². The Balaban J connectivity index is 1.21. The zero-order chi connectivity index (χ0) is 19.1. The molecule has 1 heterocycles. The van der Waals surface area contributed by atoms with Gasteiger partial charge in [0.1, 0.15) is 5.82 Å². The lowest BCUT2D eigenvalue weighted by atomic mass is 9.77. The number of benzene rings is 2. The summed E-state index contributed by atoms with van der Waals surface area (Å²) in [4.78, 5) is 2.44. The SMILES string of the molecule is OC1c2cccc3c2C(CC=C3)C1CC1CCN(Cc2cccc(F)c2)CC1. The smallest absolute Gasteiger partial charge is 0.123 e. The van der Waals surface area contributed by atoms with Crippen molar-refractivity contribution in [3.05, 3.63) is 76.6 Å². The zero-order valence-electron chi connectivity index (χ0n) is 16.2. The van der Waals surface area contributed by atoms with Crippen molar-refractivity contribution in [2.24, 2.45) is 11.8 Å². The summed E-state index contributed by atoms with van der Waals surface area (Å²) in [6.45, 7) is 2.96. The predicted molar refractivity (Wildman–Crippen MR) is 110 cm³/mol. The lowest BCUT2D eigenvalue weighted by Crippen LogP contribution is -2.34. The van der Waals surface area contributed by atoms with Crippen molar-refractivity contribution in [2.45, 2.75) is 44.2 Å².